The Morgan fingerprint density at radius 2 is 1.89 bits per heavy atom. The van der Waals surface area contributed by atoms with Crippen molar-refractivity contribution in [3.8, 4) is 16.3 Å². The van der Waals surface area contributed by atoms with Crippen LogP contribution >= 0.6 is 34.4 Å². The maximum absolute atomic E-state index is 13.0. The lowest BCUT2D eigenvalue weighted by Crippen LogP contribution is -2.26. The van der Waals surface area contributed by atoms with Crippen LogP contribution in [-0.2, 0) is 27.9 Å². The average molecular weight is 578 g/mol. The molecule has 0 saturated carbocycles. The van der Waals surface area contributed by atoms with Crippen LogP contribution in [0.2, 0.25) is 0 Å². The number of carbonyl (C=O) groups is 1. The van der Waals surface area contributed by atoms with Gasteiger partial charge in [-0.3, -0.25) is 0 Å². The molecule has 0 bridgehead atoms. The average Bonchev–Trinajstić information content (AvgIpc) is 3.54. The van der Waals surface area contributed by atoms with Gasteiger partial charge in [-0.1, -0.05) is 12.1 Å². The molecule has 2 heterocycles. The molecule has 2 aromatic heterocycles. The molecule has 0 aliphatic heterocycles. The number of thiophene rings is 1. The van der Waals surface area contributed by atoms with Gasteiger partial charge in [0.05, 0.1) is 17.9 Å². The molecule has 0 aliphatic rings. The van der Waals surface area contributed by atoms with E-state index in [0.717, 1.165) is 38.7 Å². The van der Waals surface area contributed by atoms with Gasteiger partial charge in [0.25, 0.3) is 0 Å². The molecular weight excluding hydrogens is 552 g/mol. The van der Waals surface area contributed by atoms with E-state index in [1.165, 1.54) is 23.5 Å². The monoisotopic (exact) mass is 577 g/mol. The number of hydrogen-bond acceptors (Lipinski definition) is 7. The van der Waals surface area contributed by atoms with Crippen molar-refractivity contribution in [2.75, 3.05) is 6.61 Å². The molecule has 1 unspecified atom stereocenters. The second kappa shape index (κ2) is 12.4. The van der Waals surface area contributed by atoms with Gasteiger partial charge in [-0.05, 0) is 79.1 Å². The summed E-state index contributed by atoms with van der Waals surface area (Å²) in [4.78, 5) is 18.8. The molecule has 0 saturated heterocycles. The summed E-state index contributed by atoms with van der Waals surface area (Å²) in [5, 5.41) is 4.79. The second-order valence-corrected chi connectivity index (χ2v) is 11.4. The van der Waals surface area contributed by atoms with Gasteiger partial charge < -0.3 is 9.47 Å². The van der Waals surface area contributed by atoms with Crippen LogP contribution in [-0.4, -0.2) is 23.7 Å². The fraction of sp³-hybridized carbons (Fsp3) is 0.286. The van der Waals surface area contributed by atoms with Gasteiger partial charge in [0.2, 0.25) is 0 Å². The number of nitrogens with zero attached hydrogens (tertiary/aromatic N) is 1. The molecule has 4 aromatic rings. The smallest absolute Gasteiger partial charge is 0.416 e. The van der Waals surface area contributed by atoms with Gasteiger partial charge in [-0.15, -0.1) is 23.1 Å². The quantitative estimate of drug-likeness (QED) is 0.140. The first-order valence-corrected chi connectivity index (χ1v) is 14.6. The zero-order valence-corrected chi connectivity index (χ0v) is 23.5. The minimum absolute atomic E-state index is 0.299. The number of benzene rings is 2. The third kappa shape index (κ3) is 7.18. The minimum atomic E-state index is -4.37. The SMILES string of the molecule is CCOC(=O)C(C)Oc1ccc(SCc2sc(-c3ccc(C(F)(F)F)cc3)nc2Cc2ccsc2)cc1C. The van der Waals surface area contributed by atoms with Crippen LogP contribution in [0, 0.1) is 6.92 Å². The number of thioether (sulfide) groups is 1. The van der Waals surface area contributed by atoms with Crippen LogP contribution in [0.25, 0.3) is 10.6 Å². The molecule has 0 fully saturated rings. The first-order valence-electron chi connectivity index (χ1n) is 11.9. The number of carbonyl (C=O) groups excluding carboxylic acids is 1. The Kier molecular flexibility index (Phi) is 9.17. The zero-order valence-electron chi connectivity index (χ0n) is 21.0. The fourth-order valence-corrected chi connectivity index (χ4v) is 6.49. The van der Waals surface area contributed by atoms with Crippen molar-refractivity contribution in [2.45, 2.75) is 50.1 Å². The van der Waals surface area contributed by atoms with Gasteiger partial charge in [-0.2, -0.15) is 24.5 Å². The van der Waals surface area contributed by atoms with Crippen LogP contribution in [0.3, 0.4) is 0 Å². The molecule has 2 aromatic carbocycles. The number of ether oxygens (including phenoxy) is 2. The van der Waals surface area contributed by atoms with Crippen molar-refractivity contribution in [1.82, 2.24) is 4.98 Å². The van der Waals surface area contributed by atoms with Crippen LogP contribution in [0.4, 0.5) is 13.2 Å². The predicted octanol–water partition coefficient (Wildman–Crippen LogP) is 8.41. The number of esters is 1. The van der Waals surface area contributed by atoms with Gasteiger partial charge in [-0.25, -0.2) is 9.78 Å². The van der Waals surface area contributed by atoms with E-state index in [4.69, 9.17) is 14.5 Å². The number of aryl methyl sites for hydroxylation is 1. The predicted molar refractivity (Wildman–Crippen MR) is 147 cm³/mol. The van der Waals surface area contributed by atoms with Crippen molar-refractivity contribution >= 4 is 40.4 Å². The number of thiazole rings is 1. The van der Waals surface area contributed by atoms with E-state index in [-0.39, 0.29) is 0 Å². The number of rotatable bonds is 10. The van der Waals surface area contributed by atoms with E-state index in [0.29, 0.717) is 35.1 Å². The fourth-order valence-electron chi connectivity index (χ4n) is 3.64. The van der Waals surface area contributed by atoms with Gasteiger partial charge in [0.15, 0.2) is 6.10 Å². The summed E-state index contributed by atoms with van der Waals surface area (Å²) in [7, 11) is 0. The highest BCUT2D eigenvalue weighted by molar-refractivity contribution is 7.98. The maximum Gasteiger partial charge on any atom is 0.416 e. The third-order valence-corrected chi connectivity index (χ3v) is 8.71. The largest absolute Gasteiger partial charge is 0.479 e. The van der Waals surface area contributed by atoms with Gasteiger partial charge in [0, 0.05) is 27.5 Å². The first kappa shape index (κ1) is 28.2. The zero-order chi connectivity index (χ0) is 27.3. The summed E-state index contributed by atoms with van der Waals surface area (Å²) in [5.74, 6) is 0.879. The molecular formula is C28H26F3NO3S3. The van der Waals surface area contributed by atoms with E-state index < -0.39 is 23.8 Å². The second-order valence-electron chi connectivity index (χ2n) is 8.50. The van der Waals surface area contributed by atoms with Crippen molar-refractivity contribution in [3.63, 3.8) is 0 Å². The summed E-state index contributed by atoms with van der Waals surface area (Å²) in [6.45, 7) is 5.64. The Bertz CT molecular complexity index is 1370. The highest BCUT2D eigenvalue weighted by Crippen LogP contribution is 2.37. The molecule has 1 atom stereocenters. The molecule has 10 heteroatoms. The standard InChI is InChI=1S/C28H26F3NO3S3/c1-4-34-27(33)18(3)35-24-10-9-22(13-17(24)2)37-16-25-23(14-19-11-12-36-15-19)32-26(38-25)20-5-7-21(8-6-20)28(29,30)31/h5-13,15,18H,4,14,16H2,1-3H3. The molecule has 0 amide bonds. The van der Waals surface area contributed by atoms with Gasteiger partial charge >= 0.3 is 12.1 Å². The Morgan fingerprint density at radius 1 is 1.13 bits per heavy atom. The summed E-state index contributed by atoms with van der Waals surface area (Å²) >= 11 is 4.77. The van der Waals surface area contributed by atoms with Crippen LogP contribution in [0.1, 0.15) is 41.1 Å². The molecule has 200 valence electrons. The summed E-state index contributed by atoms with van der Waals surface area (Å²) in [6, 6.07) is 13.0. The molecule has 0 aliphatic carbocycles. The summed E-state index contributed by atoms with van der Waals surface area (Å²) in [5.41, 5.74) is 2.97. The number of aromatic nitrogens is 1. The topological polar surface area (TPSA) is 48.4 Å². The summed E-state index contributed by atoms with van der Waals surface area (Å²) in [6.07, 6.45) is -4.41. The third-order valence-electron chi connectivity index (χ3n) is 5.63. The van der Waals surface area contributed by atoms with Crippen molar-refractivity contribution in [2.24, 2.45) is 0 Å². The van der Waals surface area contributed by atoms with E-state index in [1.54, 1.807) is 36.9 Å². The number of hydrogen-bond donors (Lipinski definition) is 0. The lowest BCUT2D eigenvalue weighted by atomic mass is 10.1. The van der Waals surface area contributed by atoms with Crippen LogP contribution in [0.15, 0.2) is 64.2 Å². The van der Waals surface area contributed by atoms with Crippen molar-refractivity contribution in [1.29, 1.82) is 0 Å². The normalized spacial score (nSPS) is 12.4. The van der Waals surface area contributed by atoms with E-state index in [9.17, 15) is 18.0 Å². The Hall–Kier alpha value is -2.82. The molecule has 4 rings (SSSR count). The Morgan fingerprint density at radius 3 is 2.53 bits per heavy atom. The van der Waals surface area contributed by atoms with Crippen LogP contribution < -0.4 is 4.74 Å². The lowest BCUT2D eigenvalue weighted by Gasteiger charge is -2.15. The van der Waals surface area contributed by atoms with E-state index in [1.807, 2.05) is 30.5 Å². The van der Waals surface area contributed by atoms with Crippen molar-refractivity contribution in [3.05, 3.63) is 86.6 Å². The Labute approximate surface area is 231 Å². The van der Waals surface area contributed by atoms with Gasteiger partial charge in [0.1, 0.15) is 10.8 Å². The number of halogens is 3. The molecule has 0 N–H and O–H groups in total. The highest BCUT2D eigenvalue weighted by atomic mass is 32.2. The molecule has 4 nitrogen and oxygen atoms in total. The molecule has 0 radical (unpaired) electrons. The first-order chi connectivity index (χ1) is 18.1. The van der Waals surface area contributed by atoms with Crippen molar-refractivity contribution < 1.29 is 27.4 Å². The van der Waals surface area contributed by atoms with E-state index >= 15 is 0 Å². The van der Waals surface area contributed by atoms with E-state index in [2.05, 4.69) is 11.4 Å². The molecule has 0 spiro atoms. The molecule has 38 heavy (non-hydrogen) atoms. The lowest BCUT2D eigenvalue weighted by molar-refractivity contribution is -0.150. The number of alkyl halides is 3. The maximum atomic E-state index is 13.0. The Balaban J connectivity index is 1.51. The summed E-state index contributed by atoms with van der Waals surface area (Å²) < 4.78 is 49.8. The van der Waals surface area contributed by atoms with Crippen LogP contribution in [0.5, 0.6) is 5.75 Å². The highest BCUT2D eigenvalue weighted by Gasteiger charge is 2.30. The minimum Gasteiger partial charge on any atom is -0.479 e.